The van der Waals surface area contributed by atoms with Crippen LogP contribution in [-0.4, -0.2) is 32.5 Å². The van der Waals surface area contributed by atoms with Gasteiger partial charge in [0.1, 0.15) is 0 Å². The molecule has 1 aromatic carbocycles. The second-order valence-electron chi connectivity index (χ2n) is 3.90. The average Bonchev–Trinajstić information content (AvgIpc) is 2.82. The average molecular weight is 236 g/mol. The van der Waals surface area contributed by atoms with E-state index in [4.69, 9.17) is 4.74 Å². The van der Waals surface area contributed by atoms with Crippen LogP contribution in [0.2, 0.25) is 0 Å². The fourth-order valence-electron chi connectivity index (χ4n) is 1.74. The Bertz CT molecular complexity index is 389. The number of anilines is 2. The summed E-state index contributed by atoms with van der Waals surface area (Å²) in [6.07, 6.45) is 0.542. The van der Waals surface area contributed by atoms with E-state index in [9.17, 15) is 4.79 Å². The molecule has 1 fully saturated rings. The van der Waals surface area contributed by atoms with Crippen molar-refractivity contribution in [3.63, 3.8) is 0 Å². The van der Waals surface area contributed by atoms with E-state index < -0.39 is 6.09 Å². The molecule has 0 spiro atoms. The van der Waals surface area contributed by atoms with Crippen LogP contribution in [0.1, 0.15) is 6.42 Å². The highest BCUT2D eigenvalue weighted by Crippen LogP contribution is 2.18. The first-order valence-corrected chi connectivity index (χ1v) is 5.57. The first-order chi connectivity index (χ1) is 8.28. The summed E-state index contributed by atoms with van der Waals surface area (Å²) in [7, 11) is 1.34. The lowest BCUT2D eigenvalue weighted by Gasteiger charge is -2.13. The highest BCUT2D eigenvalue weighted by atomic mass is 16.5. The van der Waals surface area contributed by atoms with Crippen molar-refractivity contribution in [2.24, 2.45) is 0 Å². The fraction of sp³-hybridized carbons (Fsp3) is 0.417. The molecule has 1 amide bonds. The van der Waals surface area contributed by atoms with Crippen LogP contribution < -0.4 is 10.6 Å². The first-order valence-electron chi connectivity index (χ1n) is 5.57. The molecule has 0 saturated carbocycles. The van der Waals surface area contributed by atoms with E-state index in [0.29, 0.717) is 11.7 Å². The van der Waals surface area contributed by atoms with Gasteiger partial charge in [0.15, 0.2) is 0 Å². The standard InChI is InChI=1S/C12H16N2O3/c1-16-12(15)14-10-4-2-3-9(7-10)13-11-5-6-17-8-11/h2-4,7,11,13H,5-6,8H2,1H3,(H,14,15). The largest absolute Gasteiger partial charge is 0.453 e. The van der Waals surface area contributed by atoms with E-state index in [1.807, 2.05) is 24.3 Å². The van der Waals surface area contributed by atoms with Crippen LogP contribution in [0.4, 0.5) is 16.2 Å². The van der Waals surface area contributed by atoms with Gasteiger partial charge in [-0.25, -0.2) is 4.79 Å². The molecule has 1 aromatic rings. The third kappa shape index (κ3) is 3.35. The predicted octanol–water partition coefficient (Wildman–Crippen LogP) is 2.07. The molecule has 1 aliphatic heterocycles. The van der Waals surface area contributed by atoms with Gasteiger partial charge in [0, 0.05) is 18.0 Å². The van der Waals surface area contributed by atoms with E-state index in [0.717, 1.165) is 25.3 Å². The van der Waals surface area contributed by atoms with Gasteiger partial charge >= 0.3 is 6.09 Å². The summed E-state index contributed by atoms with van der Waals surface area (Å²) in [5.74, 6) is 0. The van der Waals surface area contributed by atoms with Crippen LogP contribution in [0.15, 0.2) is 24.3 Å². The summed E-state index contributed by atoms with van der Waals surface area (Å²) in [5, 5.41) is 5.98. The Hall–Kier alpha value is -1.75. The number of ether oxygens (including phenoxy) is 2. The van der Waals surface area contributed by atoms with Crippen LogP contribution in [0, 0.1) is 0 Å². The summed E-state index contributed by atoms with van der Waals surface area (Å²) >= 11 is 0. The number of carbonyl (C=O) groups excluding carboxylic acids is 1. The van der Waals surface area contributed by atoms with Crippen molar-refractivity contribution in [3.05, 3.63) is 24.3 Å². The molecule has 2 N–H and O–H groups in total. The SMILES string of the molecule is COC(=O)Nc1cccc(NC2CCOC2)c1. The highest BCUT2D eigenvalue weighted by molar-refractivity contribution is 5.85. The number of carbonyl (C=O) groups is 1. The summed E-state index contributed by atoms with van der Waals surface area (Å²) in [6.45, 7) is 1.53. The Balaban J connectivity index is 1.97. The van der Waals surface area contributed by atoms with Crippen molar-refractivity contribution in [2.45, 2.75) is 12.5 Å². The molecule has 92 valence electrons. The van der Waals surface area contributed by atoms with Crippen molar-refractivity contribution in [1.29, 1.82) is 0 Å². The third-order valence-electron chi connectivity index (χ3n) is 2.59. The summed E-state index contributed by atoms with van der Waals surface area (Å²) < 4.78 is 9.83. The minimum atomic E-state index is -0.466. The van der Waals surface area contributed by atoms with E-state index >= 15 is 0 Å². The van der Waals surface area contributed by atoms with Crippen molar-refractivity contribution >= 4 is 17.5 Å². The lowest BCUT2D eigenvalue weighted by molar-refractivity contribution is 0.187. The van der Waals surface area contributed by atoms with Gasteiger partial charge in [-0.3, -0.25) is 5.32 Å². The van der Waals surface area contributed by atoms with Crippen molar-refractivity contribution in [1.82, 2.24) is 0 Å². The van der Waals surface area contributed by atoms with Crippen LogP contribution in [0.3, 0.4) is 0 Å². The molecule has 1 aliphatic rings. The molecule has 0 bridgehead atoms. The van der Waals surface area contributed by atoms with Crippen molar-refractivity contribution in [3.8, 4) is 0 Å². The van der Waals surface area contributed by atoms with Crippen LogP contribution >= 0.6 is 0 Å². The lowest BCUT2D eigenvalue weighted by Crippen LogP contribution is -2.19. The Morgan fingerprint density at radius 1 is 1.47 bits per heavy atom. The van der Waals surface area contributed by atoms with E-state index in [1.54, 1.807) is 0 Å². The molecule has 5 heteroatoms. The van der Waals surface area contributed by atoms with Gasteiger partial charge in [0.25, 0.3) is 0 Å². The minimum absolute atomic E-state index is 0.350. The molecule has 1 saturated heterocycles. The predicted molar refractivity (Wildman–Crippen MR) is 65.3 cm³/mol. The number of nitrogens with one attached hydrogen (secondary N) is 2. The smallest absolute Gasteiger partial charge is 0.411 e. The third-order valence-corrected chi connectivity index (χ3v) is 2.59. The van der Waals surface area contributed by atoms with Crippen LogP contribution in [-0.2, 0) is 9.47 Å². The molecular weight excluding hydrogens is 220 g/mol. The normalized spacial score (nSPS) is 18.8. The van der Waals surface area contributed by atoms with E-state index in [2.05, 4.69) is 15.4 Å². The number of amides is 1. The van der Waals surface area contributed by atoms with Gasteiger partial charge in [-0.15, -0.1) is 0 Å². The molecule has 0 radical (unpaired) electrons. The number of benzene rings is 1. The highest BCUT2D eigenvalue weighted by Gasteiger charge is 2.15. The van der Waals surface area contributed by atoms with E-state index in [-0.39, 0.29) is 0 Å². The summed E-state index contributed by atoms with van der Waals surface area (Å²) in [6, 6.07) is 7.87. The summed E-state index contributed by atoms with van der Waals surface area (Å²) in [5.41, 5.74) is 1.68. The quantitative estimate of drug-likeness (QED) is 0.843. The molecule has 2 rings (SSSR count). The molecular formula is C12H16N2O3. The van der Waals surface area contributed by atoms with Gasteiger partial charge in [0.2, 0.25) is 0 Å². The zero-order valence-electron chi connectivity index (χ0n) is 9.73. The lowest BCUT2D eigenvalue weighted by atomic mass is 10.2. The molecule has 0 aromatic heterocycles. The van der Waals surface area contributed by atoms with Gasteiger partial charge in [-0.05, 0) is 24.6 Å². The van der Waals surface area contributed by atoms with Gasteiger partial charge in [0.05, 0.1) is 19.8 Å². The number of hydrogen-bond acceptors (Lipinski definition) is 4. The second-order valence-corrected chi connectivity index (χ2v) is 3.90. The maximum absolute atomic E-state index is 11.1. The van der Waals surface area contributed by atoms with Crippen molar-refractivity contribution in [2.75, 3.05) is 31.0 Å². The molecule has 17 heavy (non-hydrogen) atoms. The molecule has 1 atom stereocenters. The zero-order valence-corrected chi connectivity index (χ0v) is 9.73. The fourth-order valence-corrected chi connectivity index (χ4v) is 1.74. The Labute approximate surface area is 100 Å². The maximum atomic E-state index is 11.1. The van der Waals surface area contributed by atoms with Gasteiger partial charge < -0.3 is 14.8 Å². The maximum Gasteiger partial charge on any atom is 0.411 e. The molecule has 1 heterocycles. The number of methoxy groups -OCH3 is 1. The molecule has 0 aliphatic carbocycles. The van der Waals surface area contributed by atoms with E-state index in [1.165, 1.54) is 7.11 Å². The number of rotatable bonds is 3. The number of hydrogen-bond donors (Lipinski definition) is 2. The second kappa shape index (κ2) is 5.54. The van der Waals surface area contributed by atoms with Crippen molar-refractivity contribution < 1.29 is 14.3 Å². The van der Waals surface area contributed by atoms with Crippen LogP contribution in [0.5, 0.6) is 0 Å². The van der Waals surface area contributed by atoms with Gasteiger partial charge in [-0.2, -0.15) is 0 Å². The minimum Gasteiger partial charge on any atom is -0.453 e. The molecule has 5 nitrogen and oxygen atoms in total. The van der Waals surface area contributed by atoms with Gasteiger partial charge in [-0.1, -0.05) is 6.07 Å². The monoisotopic (exact) mass is 236 g/mol. The molecule has 1 unspecified atom stereocenters. The topological polar surface area (TPSA) is 59.6 Å². The summed E-state index contributed by atoms with van der Waals surface area (Å²) in [4.78, 5) is 11.1. The Morgan fingerprint density at radius 2 is 2.29 bits per heavy atom. The van der Waals surface area contributed by atoms with Crippen LogP contribution in [0.25, 0.3) is 0 Å². The Morgan fingerprint density at radius 3 is 3.00 bits per heavy atom. The first kappa shape index (κ1) is 11.7. The zero-order chi connectivity index (χ0) is 12.1. The Kier molecular flexibility index (Phi) is 3.82.